The number of ether oxygens (including phenoxy) is 1. The van der Waals surface area contributed by atoms with Crippen LogP contribution in [0.4, 0.5) is 24.5 Å². The van der Waals surface area contributed by atoms with Gasteiger partial charge in [0.2, 0.25) is 6.41 Å². The Hall–Kier alpha value is -3.72. The number of benzene rings is 1. The Labute approximate surface area is 263 Å². The van der Waals surface area contributed by atoms with Crippen molar-refractivity contribution in [1.82, 2.24) is 10.2 Å². The van der Waals surface area contributed by atoms with Gasteiger partial charge in [0.05, 0.1) is 51.0 Å². The second kappa shape index (κ2) is 12.2. The smallest absolute Gasteiger partial charge is 0.355 e. The van der Waals surface area contributed by atoms with Gasteiger partial charge in [-0.15, -0.1) is 11.8 Å². The lowest BCUT2D eigenvalue weighted by molar-refractivity contribution is -0.905. The zero-order valence-electron chi connectivity index (χ0n) is 25.6. The molecule has 2 N–H and O–H groups in total. The Bertz CT molecular complexity index is 1490. The molecule has 0 aromatic heterocycles. The molecule has 0 bridgehead atoms. The minimum Gasteiger partial charge on any atom is -0.478 e. The van der Waals surface area contributed by atoms with E-state index in [0.29, 0.717) is 41.9 Å². The van der Waals surface area contributed by atoms with E-state index < -0.39 is 53.2 Å². The highest BCUT2D eigenvalue weighted by Crippen LogP contribution is 2.42. The van der Waals surface area contributed by atoms with Crippen LogP contribution in [0.25, 0.3) is 0 Å². The van der Waals surface area contributed by atoms with Crippen LogP contribution >= 0.6 is 11.8 Å². The van der Waals surface area contributed by atoms with Gasteiger partial charge in [0, 0.05) is 23.9 Å². The monoisotopic (exact) mass is 652 g/mol. The molecule has 5 rings (SSSR count). The summed E-state index contributed by atoms with van der Waals surface area (Å²) in [5.41, 5.74) is -0.134. The van der Waals surface area contributed by atoms with Crippen LogP contribution in [0.1, 0.15) is 26.3 Å². The number of halogens is 3. The topological polar surface area (TPSA) is 119 Å². The number of carbonyl (C=O) groups excluding carboxylic acids is 3. The van der Waals surface area contributed by atoms with Gasteiger partial charge in [-0.05, 0) is 32.4 Å². The maximum absolute atomic E-state index is 16.0. The fourth-order valence-electron chi connectivity index (χ4n) is 6.29. The van der Waals surface area contributed by atoms with Crippen LogP contribution in [0.15, 0.2) is 29.1 Å². The van der Waals surface area contributed by atoms with Crippen LogP contribution < -0.4 is 15.1 Å². The second-order valence-electron chi connectivity index (χ2n) is 12.9. The van der Waals surface area contributed by atoms with Crippen molar-refractivity contribution in [2.75, 3.05) is 68.5 Å². The molecule has 11 nitrogen and oxygen atoms in total. The molecule has 4 aliphatic heterocycles. The number of anilines is 2. The number of rotatable bonds is 9. The first-order chi connectivity index (χ1) is 21.2. The first-order valence-electron chi connectivity index (χ1n) is 14.6. The summed E-state index contributed by atoms with van der Waals surface area (Å²) in [7, 11) is 1.98. The molecule has 4 heterocycles. The molecule has 0 unspecified atom stereocenters. The third-order valence-electron chi connectivity index (χ3n) is 8.42. The van der Waals surface area contributed by atoms with Crippen molar-refractivity contribution in [3.8, 4) is 0 Å². The summed E-state index contributed by atoms with van der Waals surface area (Å²) in [6, 6.07) is 0.398. The maximum Gasteiger partial charge on any atom is 0.355 e. The Kier molecular flexibility index (Phi) is 8.88. The number of thioether (sulfide) groups is 1. The van der Waals surface area contributed by atoms with E-state index in [2.05, 4.69) is 5.32 Å². The number of alkyl halides is 1. The number of hydrogen-bond donors (Lipinski definition) is 2. The van der Waals surface area contributed by atoms with Gasteiger partial charge in [-0.25, -0.2) is 22.8 Å². The lowest BCUT2D eigenvalue weighted by Gasteiger charge is -2.50. The molecule has 2 amide bonds. The fraction of sp³-hybridized carbons (Fsp3) is 0.533. The number of nitrogens with zero attached hydrogens (tertiary/aromatic N) is 4. The van der Waals surface area contributed by atoms with Gasteiger partial charge in [-0.3, -0.25) is 14.5 Å². The van der Waals surface area contributed by atoms with Crippen LogP contribution in [0.3, 0.4) is 0 Å². The van der Waals surface area contributed by atoms with E-state index in [4.69, 9.17) is 4.74 Å². The summed E-state index contributed by atoms with van der Waals surface area (Å²) in [6.45, 7) is 5.90. The van der Waals surface area contributed by atoms with Crippen LogP contribution in [0.2, 0.25) is 0 Å². The van der Waals surface area contributed by atoms with E-state index in [1.54, 1.807) is 25.7 Å². The molecule has 1 aromatic carbocycles. The molecular weight excluding hydrogens is 615 g/mol. The number of esters is 1. The van der Waals surface area contributed by atoms with Gasteiger partial charge in [0.25, 0.3) is 5.91 Å². The largest absolute Gasteiger partial charge is 0.478 e. The maximum atomic E-state index is 16.0. The summed E-state index contributed by atoms with van der Waals surface area (Å²) in [4.78, 5) is 53.1. The molecule has 15 heteroatoms. The highest BCUT2D eigenvalue weighted by atomic mass is 32.2. The number of amides is 2. The van der Waals surface area contributed by atoms with Crippen molar-refractivity contribution in [2.24, 2.45) is 0 Å². The Morgan fingerprint density at radius 1 is 1.22 bits per heavy atom. The SMILES string of the molecule is CC(C)(C)OC(=O)C1=C(C[N+]2(C)CCN(c3c(F)cc4c(c3F)N(CCF)C=C(C(=O)O)C4)CC2)CS[C@@H]2[C@H](NC=O)C(=O)N12. The number of β-lactam (4-membered cyclic amide) rings is 1. The normalized spacial score (nSPS) is 22.7. The van der Waals surface area contributed by atoms with Crippen molar-refractivity contribution in [3.05, 3.63) is 46.3 Å². The van der Waals surface area contributed by atoms with Crippen molar-refractivity contribution in [1.29, 1.82) is 0 Å². The van der Waals surface area contributed by atoms with E-state index in [0.717, 1.165) is 6.07 Å². The van der Waals surface area contributed by atoms with Crippen molar-refractivity contribution >= 4 is 47.4 Å². The van der Waals surface area contributed by atoms with Gasteiger partial charge in [0.1, 0.15) is 47.4 Å². The van der Waals surface area contributed by atoms with E-state index in [1.807, 2.05) is 7.05 Å². The van der Waals surface area contributed by atoms with Crippen LogP contribution in [0, 0.1) is 11.6 Å². The molecular formula is C30H37F3N5O6S+. The number of hydrogen-bond acceptors (Lipinski definition) is 8. The minimum atomic E-state index is -1.24. The van der Waals surface area contributed by atoms with Crippen LogP contribution in [-0.4, -0.2) is 115 Å². The molecule has 0 radical (unpaired) electrons. The lowest BCUT2D eigenvalue weighted by Crippen LogP contribution is -2.70. The number of carboxylic acid groups (broad SMARTS) is 1. The summed E-state index contributed by atoms with van der Waals surface area (Å²) in [5.74, 6) is -3.52. The molecule has 0 aliphatic carbocycles. The number of likely N-dealkylation sites (N-methyl/N-ethyl adjacent to an activating group) is 1. The molecule has 0 spiro atoms. The Morgan fingerprint density at radius 3 is 2.51 bits per heavy atom. The molecule has 2 atom stereocenters. The molecule has 2 saturated heterocycles. The highest BCUT2D eigenvalue weighted by Gasteiger charge is 2.55. The Balaban J connectivity index is 1.38. The summed E-state index contributed by atoms with van der Waals surface area (Å²) >= 11 is 1.45. The number of quaternary nitrogens is 1. The van der Waals surface area contributed by atoms with E-state index >= 15 is 8.78 Å². The third kappa shape index (κ3) is 6.24. The molecule has 1 aromatic rings. The number of piperazine rings is 1. The lowest BCUT2D eigenvalue weighted by atomic mass is 9.97. The number of carboxylic acids is 1. The molecule has 0 saturated carbocycles. The summed E-state index contributed by atoms with van der Waals surface area (Å²) < 4.78 is 50.9. The number of nitrogens with one attached hydrogen (secondary N) is 1. The minimum absolute atomic E-state index is 0.0283. The number of aliphatic carboxylic acids is 1. The van der Waals surface area contributed by atoms with Gasteiger partial charge < -0.3 is 29.4 Å². The average molecular weight is 653 g/mol. The predicted octanol–water partition coefficient (Wildman–Crippen LogP) is 2.16. The molecule has 45 heavy (non-hydrogen) atoms. The standard InChI is InChI=1S/C30H36F3N5O6S/c1-30(2,3)44-29(43)24-19(15-45-27-22(34-16-39)26(40)37(24)27)14-38(4)9-7-35(8-10-38)25-20(32)12-17-11-18(28(41)42)13-36(6-5-31)23(17)21(25)33/h12-13,16,22,27H,5-11,14-15H2,1-4H3,(H-,34,39,41,42)/p+1/t22-,27-/m1/s1. The summed E-state index contributed by atoms with van der Waals surface area (Å²) in [6.07, 6.45) is 1.48. The zero-order valence-corrected chi connectivity index (χ0v) is 26.4. The highest BCUT2D eigenvalue weighted by molar-refractivity contribution is 8.00. The van der Waals surface area contributed by atoms with E-state index in [9.17, 15) is 28.7 Å². The zero-order chi connectivity index (χ0) is 32.8. The van der Waals surface area contributed by atoms with E-state index in [1.165, 1.54) is 27.8 Å². The number of fused-ring (bicyclic) bond motifs is 2. The van der Waals surface area contributed by atoms with Crippen LogP contribution in [-0.2, 0) is 30.3 Å². The number of carbonyl (C=O) groups is 4. The first-order valence-corrected chi connectivity index (χ1v) is 15.7. The summed E-state index contributed by atoms with van der Waals surface area (Å²) in [5, 5.41) is 11.5. The van der Waals surface area contributed by atoms with Crippen molar-refractivity contribution in [3.63, 3.8) is 0 Å². The third-order valence-corrected chi connectivity index (χ3v) is 9.76. The first kappa shape index (κ1) is 32.7. The van der Waals surface area contributed by atoms with Crippen LogP contribution in [0.5, 0.6) is 0 Å². The second-order valence-corrected chi connectivity index (χ2v) is 14.0. The molecule has 4 aliphatic rings. The average Bonchev–Trinajstić information content (AvgIpc) is 2.95. The van der Waals surface area contributed by atoms with Gasteiger partial charge in [-0.2, -0.15) is 0 Å². The molecule has 2 fully saturated rings. The van der Waals surface area contributed by atoms with Crippen molar-refractivity contribution < 1.29 is 46.7 Å². The quantitative estimate of drug-likeness (QED) is 0.179. The van der Waals surface area contributed by atoms with Gasteiger partial charge in [0.15, 0.2) is 5.82 Å². The predicted molar refractivity (Wildman–Crippen MR) is 161 cm³/mol. The van der Waals surface area contributed by atoms with Gasteiger partial charge in [-0.1, -0.05) is 0 Å². The molecule has 244 valence electrons. The van der Waals surface area contributed by atoms with Crippen molar-refractivity contribution in [2.45, 2.75) is 44.2 Å². The fourth-order valence-corrected chi connectivity index (χ4v) is 7.63. The Morgan fingerprint density at radius 2 is 1.91 bits per heavy atom. The van der Waals surface area contributed by atoms with E-state index in [-0.39, 0.29) is 54.3 Å². The van der Waals surface area contributed by atoms with Gasteiger partial charge >= 0.3 is 11.9 Å².